The van der Waals surface area contributed by atoms with Gasteiger partial charge in [-0.05, 0) is 38.1 Å². The normalized spacial score (nSPS) is 17.9. The highest BCUT2D eigenvalue weighted by Gasteiger charge is 2.30. The number of carbonyl (C=O) groups is 1. The van der Waals surface area contributed by atoms with E-state index in [-0.39, 0.29) is 12.1 Å². The number of hydrogen-bond acceptors (Lipinski definition) is 2. The average molecular weight is 252 g/mol. The van der Waals surface area contributed by atoms with Crippen LogP contribution in [-0.4, -0.2) is 12.1 Å². The number of hydrogen-bond donors (Lipinski definition) is 1. The van der Waals surface area contributed by atoms with E-state index in [2.05, 4.69) is 5.32 Å². The van der Waals surface area contributed by atoms with Crippen molar-refractivity contribution in [2.24, 2.45) is 0 Å². The van der Waals surface area contributed by atoms with Gasteiger partial charge in [-0.25, -0.2) is 0 Å². The zero-order chi connectivity index (χ0) is 13.4. The van der Waals surface area contributed by atoms with Crippen LogP contribution in [0.25, 0.3) is 0 Å². The summed E-state index contributed by atoms with van der Waals surface area (Å²) in [5.41, 5.74) is 3.66. The number of amides is 1. The number of fused-ring (bicyclic) bond motifs is 1. The second kappa shape index (κ2) is 4.43. The molecule has 0 saturated carbocycles. The van der Waals surface area contributed by atoms with Crippen LogP contribution >= 0.6 is 0 Å². The number of nitrogens with zero attached hydrogens (tertiary/aromatic N) is 1. The molecule has 3 rings (SSSR count). The van der Waals surface area contributed by atoms with Gasteiger partial charge in [0.15, 0.2) is 0 Å². The lowest BCUT2D eigenvalue weighted by Gasteiger charge is -2.36. The van der Waals surface area contributed by atoms with Gasteiger partial charge < -0.3 is 5.32 Å². The van der Waals surface area contributed by atoms with Crippen LogP contribution in [0.5, 0.6) is 0 Å². The van der Waals surface area contributed by atoms with Gasteiger partial charge >= 0.3 is 0 Å². The molecule has 0 unspecified atom stereocenters. The highest BCUT2D eigenvalue weighted by atomic mass is 16.2. The minimum absolute atomic E-state index is 0.0508. The highest BCUT2D eigenvalue weighted by Crippen LogP contribution is 2.29. The third-order valence-corrected chi connectivity index (χ3v) is 3.41. The molecule has 0 aromatic heterocycles. The van der Waals surface area contributed by atoms with Crippen molar-refractivity contribution in [1.82, 2.24) is 0 Å². The maximum absolute atomic E-state index is 12.7. The number of para-hydroxylation sites is 1. The van der Waals surface area contributed by atoms with Crippen LogP contribution < -0.4 is 10.2 Å². The Morgan fingerprint density at radius 3 is 2.58 bits per heavy atom. The standard InChI is InChI=1S/C16H16N2O/c1-11-8-9-15-14(10-11)16(19)18(12(2)17-15)13-6-4-3-5-7-13/h3-10,12,17H,1-2H3/t12-/m0/s1. The van der Waals surface area contributed by atoms with Gasteiger partial charge in [0, 0.05) is 11.4 Å². The fraction of sp³-hybridized carbons (Fsp3) is 0.188. The molecule has 0 radical (unpaired) electrons. The van der Waals surface area contributed by atoms with Gasteiger partial charge in [0.2, 0.25) is 0 Å². The Balaban J connectivity index is 2.07. The summed E-state index contributed by atoms with van der Waals surface area (Å²) in [5, 5.41) is 3.37. The van der Waals surface area contributed by atoms with Crippen molar-refractivity contribution in [3.63, 3.8) is 0 Å². The second-order valence-corrected chi connectivity index (χ2v) is 4.88. The summed E-state index contributed by atoms with van der Waals surface area (Å²) in [5.74, 6) is 0.0520. The topological polar surface area (TPSA) is 32.3 Å². The third kappa shape index (κ3) is 1.97. The Kier molecular flexibility index (Phi) is 2.75. The molecule has 19 heavy (non-hydrogen) atoms. The predicted octanol–water partition coefficient (Wildman–Crippen LogP) is 3.41. The first-order chi connectivity index (χ1) is 9.16. The minimum Gasteiger partial charge on any atom is -0.364 e. The fourth-order valence-electron chi connectivity index (χ4n) is 2.49. The predicted molar refractivity (Wildman–Crippen MR) is 77.5 cm³/mol. The molecule has 1 heterocycles. The smallest absolute Gasteiger partial charge is 0.262 e. The summed E-state index contributed by atoms with van der Waals surface area (Å²) < 4.78 is 0. The highest BCUT2D eigenvalue weighted by molar-refractivity contribution is 6.12. The Morgan fingerprint density at radius 1 is 1.11 bits per heavy atom. The molecule has 2 aromatic rings. The van der Waals surface area contributed by atoms with Crippen LogP contribution in [0.3, 0.4) is 0 Å². The van der Waals surface area contributed by atoms with Gasteiger partial charge in [0.05, 0.1) is 5.56 Å². The van der Waals surface area contributed by atoms with E-state index in [0.717, 1.165) is 22.5 Å². The van der Waals surface area contributed by atoms with E-state index in [0.29, 0.717) is 0 Å². The van der Waals surface area contributed by atoms with Crippen molar-refractivity contribution in [1.29, 1.82) is 0 Å². The number of nitrogens with one attached hydrogen (secondary N) is 1. The summed E-state index contributed by atoms with van der Waals surface area (Å²) in [6.07, 6.45) is -0.0508. The SMILES string of the molecule is Cc1ccc2c(c1)C(=O)N(c1ccccc1)[C@@H](C)N2. The molecule has 1 aliphatic heterocycles. The zero-order valence-electron chi connectivity index (χ0n) is 11.1. The number of anilines is 2. The van der Waals surface area contributed by atoms with E-state index >= 15 is 0 Å². The van der Waals surface area contributed by atoms with E-state index in [1.54, 1.807) is 4.90 Å². The molecule has 0 bridgehead atoms. The van der Waals surface area contributed by atoms with Crippen molar-refractivity contribution in [2.75, 3.05) is 10.2 Å². The van der Waals surface area contributed by atoms with Crippen molar-refractivity contribution >= 4 is 17.3 Å². The Labute approximate surface area is 112 Å². The van der Waals surface area contributed by atoms with Crippen LogP contribution in [0.15, 0.2) is 48.5 Å². The Bertz CT molecular complexity index is 622. The first kappa shape index (κ1) is 11.8. The molecule has 3 heteroatoms. The first-order valence-corrected chi connectivity index (χ1v) is 6.42. The van der Waals surface area contributed by atoms with Gasteiger partial charge in [0.25, 0.3) is 5.91 Å². The van der Waals surface area contributed by atoms with E-state index in [1.807, 2.05) is 62.4 Å². The number of carbonyl (C=O) groups excluding carboxylic acids is 1. The number of aryl methyl sites for hydroxylation is 1. The summed E-state index contributed by atoms with van der Waals surface area (Å²) in [6.45, 7) is 3.99. The van der Waals surface area contributed by atoms with Crippen LogP contribution in [0.1, 0.15) is 22.8 Å². The summed E-state index contributed by atoms with van der Waals surface area (Å²) in [4.78, 5) is 14.5. The lowest BCUT2D eigenvalue weighted by Crippen LogP contribution is -2.47. The molecular formula is C16H16N2O. The lowest BCUT2D eigenvalue weighted by atomic mass is 10.0. The van der Waals surface area contributed by atoms with E-state index < -0.39 is 0 Å². The molecule has 0 aliphatic carbocycles. The quantitative estimate of drug-likeness (QED) is 0.843. The Hall–Kier alpha value is -2.29. The summed E-state index contributed by atoms with van der Waals surface area (Å²) in [7, 11) is 0. The molecule has 3 nitrogen and oxygen atoms in total. The van der Waals surface area contributed by atoms with Crippen molar-refractivity contribution < 1.29 is 4.79 Å². The van der Waals surface area contributed by atoms with Gasteiger partial charge in [-0.2, -0.15) is 0 Å². The first-order valence-electron chi connectivity index (χ1n) is 6.42. The van der Waals surface area contributed by atoms with Crippen molar-refractivity contribution in [2.45, 2.75) is 20.0 Å². The molecule has 0 saturated heterocycles. The molecule has 0 spiro atoms. The maximum Gasteiger partial charge on any atom is 0.262 e. The third-order valence-electron chi connectivity index (χ3n) is 3.41. The van der Waals surface area contributed by atoms with Gasteiger partial charge in [-0.1, -0.05) is 29.8 Å². The molecule has 1 N–H and O–H groups in total. The molecule has 1 amide bonds. The Morgan fingerprint density at radius 2 is 1.84 bits per heavy atom. The number of benzene rings is 2. The maximum atomic E-state index is 12.7. The lowest BCUT2D eigenvalue weighted by molar-refractivity contribution is 0.0977. The van der Waals surface area contributed by atoms with Crippen molar-refractivity contribution in [3.8, 4) is 0 Å². The van der Waals surface area contributed by atoms with Crippen LogP contribution in [0, 0.1) is 6.92 Å². The van der Waals surface area contributed by atoms with Crippen LogP contribution in [-0.2, 0) is 0 Å². The fourth-order valence-corrected chi connectivity index (χ4v) is 2.49. The number of rotatable bonds is 1. The van der Waals surface area contributed by atoms with Gasteiger partial charge in [-0.15, -0.1) is 0 Å². The van der Waals surface area contributed by atoms with Crippen molar-refractivity contribution in [3.05, 3.63) is 59.7 Å². The van der Waals surface area contributed by atoms with Crippen LogP contribution in [0.2, 0.25) is 0 Å². The average Bonchev–Trinajstić information content (AvgIpc) is 2.41. The summed E-state index contributed by atoms with van der Waals surface area (Å²) >= 11 is 0. The van der Waals surface area contributed by atoms with Gasteiger partial charge in [0.1, 0.15) is 6.17 Å². The zero-order valence-corrected chi connectivity index (χ0v) is 11.1. The van der Waals surface area contributed by atoms with E-state index in [9.17, 15) is 4.79 Å². The van der Waals surface area contributed by atoms with Gasteiger partial charge in [-0.3, -0.25) is 9.69 Å². The summed E-state index contributed by atoms with van der Waals surface area (Å²) in [6, 6.07) is 15.7. The molecule has 0 fully saturated rings. The minimum atomic E-state index is -0.0508. The molecule has 1 aliphatic rings. The second-order valence-electron chi connectivity index (χ2n) is 4.88. The van der Waals surface area contributed by atoms with E-state index in [1.165, 1.54) is 0 Å². The molecule has 1 atom stereocenters. The largest absolute Gasteiger partial charge is 0.364 e. The van der Waals surface area contributed by atoms with Crippen LogP contribution in [0.4, 0.5) is 11.4 Å². The monoisotopic (exact) mass is 252 g/mol. The molecular weight excluding hydrogens is 236 g/mol. The van der Waals surface area contributed by atoms with E-state index in [4.69, 9.17) is 0 Å². The molecule has 2 aromatic carbocycles. The molecule has 96 valence electrons.